The minimum absolute atomic E-state index is 0.0197. The van der Waals surface area contributed by atoms with Crippen LogP contribution in [-0.2, 0) is 17.9 Å². The van der Waals surface area contributed by atoms with Crippen LogP contribution < -0.4 is 0 Å². The Bertz CT molecular complexity index is 1230. The van der Waals surface area contributed by atoms with Gasteiger partial charge in [0.05, 0.1) is 12.2 Å². The smallest absolute Gasteiger partial charge is 0.304 e. The molecular formula is C24H20N6O2. The van der Waals surface area contributed by atoms with Crippen molar-refractivity contribution < 1.29 is 9.59 Å². The summed E-state index contributed by atoms with van der Waals surface area (Å²) < 4.78 is 1.54. The molecule has 1 atom stereocenters. The SMILES string of the molecule is O=C1C(c2ccccc2)N(Cc2ccccc2)C(=O)N1Cc1nnnn1-c1ccccc1. The Hall–Kier alpha value is -4.33. The van der Waals surface area contributed by atoms with Crippen LogP contribution >= 0.6 is 0 Å². The number of urea groups is 1. The standard InChI is InChI=1S/C24H20N6O2/c31-23-22(19-12-6-2-7-13-19)28(16-18-10-4-1-5-11-18)24(32)29(23)17-21-25-26-27-30(21)20-14-8-3-9-15-20/h1-15,22H,16-17H2. The molecule has 1 fully saturated rings. The predicted octanol–water partition coefficient (Wildman–Crippen LogP) is 3.37. The molecule has 0 bridgehead atoms. The minimum Gasteiger partial charge on any atom is -0.304 e. The maximum Gasteiger partial charge on any atom is 0.328 e. The summed E-state index contributed by atoms with van der Waals surface area (Å²) in [6, 6.07) is 27.3. The van der Waals surface area contributed by atoms with E-state index in [2.05, 4.69) is 15.5 Å². The van der Waals surface area contributed by atoms with Crippen LogP contribution in [0.1, 0.15) is 23.0 Å². The van der Waals surface area contributed by atoms with Gasteiger partial charge in [-0.15, -0.1) is 5.10 Å². The van der Waals surface area contributed by atoms with Crippen LogP contribution in [-0.4, -0.2) is 41.9 Å². The summed E-state index contributed by atoms with van der Waals surface area (Å²) >= 11 is 0. The van der Waals surface area contributed by atoms with Gasteiger partial charge in [-0.3, -0.25) is 9.69 Å². The number of para-hydroxylation sites is 1. The number of tetrazole rings is 1. The first-order chi connectivity index (χ1) is 15.7. The van der Waals surface area contributed by atoms with Gasteiger partial charge >= 0.3 is 6.03 Å². The molecule has 3 amide bonds. The molecule has 1 aliphatic heterocycles. The van der Waals surface area contributed by atoms with Gasteiger partial charge in [-0.1, -0.05) is 78.9 Å². The van der Waals surface area contributed by atoms with E-state index < -0.39 is 6.04 Å². The average Bonchev–Trinajstić information content (AvgIpc) is 3.40. The molecule has 5 rings (SSSR count). The van der Waals surface area contributed by atoms with Crippen molar-refractivity contribution in [3.05, 3.63) is 108 Å². The topological polar surface area (TPSA) is 84.2 Å². The van der Waals surface area contributed by atoms with Crippen LogP contribution in [0.4, 0.5) is 4.79 Å². The van der Waals surface area contributed by atoms with Crippen LogP contribution in [0.3, 0.4) is 0 Å². The van der Waals surface area contributed by atoms with Crippen LogP contribution in [0.2, 0.25) is 0 Å². The number of aromatic nitrogens is 4. The highest BCUT2D eigenvalue weighted by atomic mass is 16.2. The van der Waals surface area contributed by atoms with Gasteiger partial charge in [0.15, 0.2) is 5.82 Å². The zero-order valence-corrected chi connectivity index (χ0v) is 17.2. The molecule has 3 aromatic carbocycles. The molecule has 0 saturated carbocycles. The van der Waals surface area contributed by atoms with Crippen LogP contribution in [0.5, 0.6) is 0 Å². The van der Waals surface area contributed by atoms with Crippen LogP contribution in [0, 0.1) is 0 Å². The summed E-state index contributed by atoms with van der Waals surface area (Å²) in [7, 11) is 0. The fourth-order valence-electron chi connectivity index (χ4n) is 3.90. The summed E-state index contributed by atoms with van der Waals surface area (Å²) in [6.07, 6.45) is 0. The third-order valence-corrected chi connectivity index (χ3v) is 5.43. The zero-order valence-electron chi connectivity index (χ0n) is 17.2. The highest BCUT2D eigenvalue weighted by Gasteiger charge is 2.46. The number of amides is 3. The lowest BCUT2D eigenvalue weighted by Crippen LogP contribution is -2.33. The van der Waals surface area contributed by atoms with Crippen molar-refractivity contribution in [3.63, 3.8) is 0 Å². The van der Waals surface area contributed by atoms with Crippen molar-refractivity contribution in [3.8, 4) is 5.69 Å². The van der Waals surface area contributed by atoms with E-state index in [1.807, 2.05) is 91.0 Å². The van der Waals surface area contributed by atoms with E-state index in [4.69, 9.17) is 0 Å². The molecule has 32 heavy (non-hydrogen) atoms. The fourth-order valence-corrected chi connectivity index (χ4v) is 3.90. The summed E-state index contributed by atoms with van der Waals surface area (Å²) in [5.41, 5.74) is 2.48. The summed E-state index contributed by atoms with van der Waals surface area (Å²) in [6.45, 7) is 0.305. The molecular weight excluding hydrogens is 404 g/mol. The Morgan fingerprint density at radius 3 is 2.06 bits per heavy atom. The summed E-state index contributed by atoms with van der Waals surface area (Å²) in [4.78, 5) is 29.7. The molecule has 1 aliphatic rings. The third-order valence-electron chi connectivity index (χ3n) is 5.43. The monoisotopic (exact) mass is 424 g/mol. The molecule has 8 heteroatoms. The Balaban J connectivity index is 1.48. The number of imide groups is 1. The molecule has 4 aromatic rings. The van der Waals surface area contributed by atoms with Gasteiger partial charge in [-0.25, -0.2) is 4.79 Å². The van der Waals surface area contributed by atoms with E-state index >= 15 is 0 Å². The average molecular weight is 424 g/mol. The maximum absolute atomic E-state index is 13.5. The highest BCUT2D eigenvalue weighted by Crippen LogP contribution is 2.33. The Morgan fingerprint density at radius 1 is 0.750 bits per heavy atom. The molecule has 1 saturated heterocycles. The third kappa shape index (κ3) is 3.62. The van der Waals surface area contributed by atoms with Gasteiger partial charge in [0.2, 0.25) is 0 Å². The number of carbonyl (C=O) groups is 2. The second kappa shape index (κ2) is 8.43. The number of carbonyl (C=O) groups excluding carboxylic acids is 2. The number of rotatable bonds is 6. The lowest BCUT2D eigenvalue weighted by Gasteiger charge is -2.22. The van der Waals surface area contributed by atoms with Gasteiger partial charge in [0, 0.05) is 6.54 Å². The molecule has 0 N–H and O–H groups in total. The van der Waals surface area contributed by atoms with Crippen molar-refractivity contribution >= 4 is 11.9 Å². The molecule has 158 valence electrons. The Morgan fingerprint density at radius 2 is 1.38 bits per heavy atom. The van der Waals surface area contributed by atoms with Crippen molar-refractivity contribution in [2.75, 3.05) is 0 Å². The summed E-state index contributed by atoms with van der Waals surface area (Å²) in [5, 5.41) is 11.9. The lowest BCUT2D eigenvalue weighted by molar-refractivity contribution is -0.129. The molecule has 1 unspecified atom stereocenters. The molecule has 2 heterocycles. The van der Waals surface area contributed by atoms with E-state index in [1.165, 1.54) is 9.58 Å². The second-order valence-corrected chi connectivity index (χ2v) is 7.48. The Kier molecular flexibility index (Phi) is 5.17. The van der Waals surface area contributed by atoms with Crippen molar-refractivity contribution in [1.29, 1.82) is 0 Å². The molecule has 0 aliphatic carbocycles. The van der Waals surface area contributed by atoms with E-state index in [-0.39, 0.29) is 18.5 Å². The largest absolute Gasteiger partial charge is 0.328 e. The summed E-state index contributed by atoms with van der Waals surface area (Å²) in [5.74, 6) is 0.117. The van der Waals surface area contributed by atoms with Gasteiger partial charge in [-0.2, -0.15) is 4.68 Å². The quantitative estimate of drug-likeness (QED) is 0.443. The normalized spacial score (nSPS) is 16.1. The first-order valence-corrected chi connectivity index (χ1v) is 10.3. The lowest BCUT2D eigenvalue weighted by atomic mass is 10.1. The number of benzene rings is 3. The van der Waals surface area contributed by atoms with Crippen molar-refractivity contribution in [2.45, 2.75) is 19.1 Å². The van der Waals surface area contributed by atoms with Gasteiger partial charge in [0.1, 0.15) is 6.04 Å². The predicted molar refractivity (Wildman–Crippen MR) is 116 cm³/mol. The van der Waals surface area contributed by atoms with Crippen molar-refractivity contribution in [2.24, 2.45) is 0 Å². The number of nitrogens with zero attached hydrogens (tertiary/aromatic N) is 6. The minimum atomic E-state index is -0.704. The molecule has 1 aromatic heterocycles. The van der Waals surface area contributed by atoms with E-state index in [0.717, 1.165) is 16.8 Å². The van der Waals surface area contributed by atoms with E-state index in [0.29, 0.717) is 12.4 Å². The molecule has 0 spiro atoms. The maximum atomic E-state index is 13.5. The molecule has 8 nitrogen and oxygen atoms in total. The van der Waals surface area contributed by atoms with Crippen LogP contribution in [0.25, 0.3) is 5.69 Å². The zero-order chi connectivity index (χ0) is 21.9. The number of hydrogen-bond acceptors (Lipinski definition) is 5. The van der Waals surface area contributed by atoms with Crippen molar-refractivity contribution in [1.82, 2.24) is 30.0 Å². The highest BCUT2D eigenvalue weighted by molar-refractivity contribution is 6.04. The fraction of sp³-hybridized carbons (Fsp3) is 0.125. The first kappa shape index (κ1) is 19.6. The van der Waals surface area contributed by atoms with Gasteiger partial charge in [0.25, 0.3) is 5.91 Å². The van der Waals surface area contributed by atoms with E-state index in [9.17, 15) is 9.59 Å². The van der Waals surface area contributed by atoms with E-state index in [1.54, 1.807) is 4.90 Å². The Labute approximate surface area is 184 Å². The van der Waals surface area contributed by atoms with Crippen LogP contribution in [0.15, 0.2) is 91.0 Å². The first-order valence-electron chi connectivity index (χ1n) is 10.3. The second-order valence-electron chi connectivity index (χ2n) is 7.48. The van der Waals surface area contributed by atoms with Gasteiger partial charge in [-0.05, 0) is 33.7 Å². The number of hydrogen-bond donors (Lipinski definition) is 0. The molecule has 0 radical (unpaired) electrons. The van der Waals surface area contributed by atoms with Gasteiger partial charge < -0.3 is 4.90 Å².